The zero-order valence-electron chi connectivity index (χ0n) is 12.8. The fraction of sp³-hybridized carbons (Fsp3) is 0.933. The van der Waals surface area contributed by atoms with Gasteiger partial charge < -0.3 is 20.1 Å². The van der Waals surface area contributed by atoms with Crippen molar-refractivity contribution in [3.8, 4) is 0 Å². The molecule has 2 fully saturated rings. The third-order valence-corrected chi connectivity index (χ3v) is 4.90. The van der Waals surface area contributed by atoms with E-state index in [1.165, 1.54) is 0 Å². The summed E-state index contributed by atoms with van der Waals surface area (Å²) in [4.78, 5) is 14.5. The molecule has 20 heavy (non-hydrogen) atoms. The number of carbonyl (C=O) groups is 1. The summed E-state index contributed by atoms with van der Waals surface area (Å²) in [6.45, 7) is 5.42. The van der Waals surface area contributed by atoms with Crippen LogP contribution in [0.25, 0.3) is 0 Å². The third-order valence-electron chi connectivity index (χ3n) is 4.90. The summed E-state index contributed by atoms with van der Waals surface area (Å²) in [5.74, 6) is 0.173. The van der Waals surface area contributed by atoms with Crippen LogP contribution in [0.15, 0.2) is 0 Å². The zero-order chi connectivity index (χ0) is 14.6. The number of hydrogen-bond acceptors (Lipinski definition) is 4. The molecule has 5 heteroatoms. The first kappa shape index (κ1) is 15.7. The Hall–Kier alpha value is -0.650. The first-order valence-corrected chi connectivity index (χ1v) is 7.78. The molecule has 1 atom stereocenters. The molecule has 2 aliphatic heterocycles. The van der Waals surface area contributed by atoms with Crippen molar-refractivity contribution in [1.82, 2.24) is 10.2 Å². The molecular formula is C15H28N2O3. The molecule has 0 bridgehead atoms. The number of nitrogens with zero attached hydrogens (tertiary/aromatic N) is 1. The van der Waals surface area contributed by atoms with Gasteiger partial charge in [0.05, 0.1) is 11.0 Å². The average Bonchev–Trinajstić information content (AvgIpc) is 2.47. The number of ether oxygens (including phenoxy) is 1. The lowest BCUT2D eigenvalue weighted by atomic mass is 9.77. The van der Waals surface area contributed by atoms with Gasteiger partial charge >= 0.3 is 0 Å². The number of amides is 1. The predicted molar refractivity (Wildman–Crippen MR) is 77.5 cm³/mol. The van der Waals surface area contributed by atoms with E-state index in [2.05, 4.69) is 12.2 Å². The quantitative estimate of drug-likeness (QED) is 0.800. The minimum absolute atomic E-state index is 0.173. The molecule has 0 aromatic rings. The first-order valence-electron chi connectivity index (χ1n) is 7.78. The van der Waals surface area contributed by atoms with Gasteiger partial charge in [0.15, 0.2) is 0 Å². The van der Waals surface area contributed by atoms with Crippen LogP contribution in [-0.2, 0) is 9.53 Å². The summed E-state index contributed by atoms with van der Waals surface area (Å²) in [6, 6.07) is 0. The first-order chi connectivity index (χ1) is 9.51. The second-order valence-corrected chi connectivity index (χ2v) is 6.41. The van der Waals surface area contributed by atoms with Crippen molar-refractivity contribution in [2.24, 2.45) is 5.41 Å². The fourth-order valence-electron chi connectivity index (χ4n) is 3.43. The van der Waals surface area contributed by atoms with Gasteiger partial charge in [0, 0.05) is 46.2 Å². The van der Waals surface area contributed by atoms with Crippen LogP contribution in [0.1, 0.15) is 39.0 Å². The molecule has 1 unspecified atom stereocenters. The van der Waals surface area contributed by atoms with Crippen molar-refractivity contribution in [2.75, 3.05) is 39.9 Å². The van der Waals surface area contributed by atoms with Crippen LogP contribution in [0.5, 0.6) is 0 Å². The van der Waals surface area contributed by atoms with E-state index < -0.39 is 5.60 Å². The minimum atomic E-state index is -0.778. The van der Waals surface area contributed by atoms with Crippen molar-refractivity contribution in [3.63, 3.8) is 0 Å². The standard InChI is InChI=1S/C15H28N2O3/c1-3-14(5-4-8-16-11-14)13(18)17(2)12-15(19)6-9-20-10-7-15/h16,19H,3-12H2,1-2H3. The van der Waals surface area contributed by atoms with Crippen molar-refractivity contribution in [3.05, 3.63) is 0 Å². The molecule has 2 rings (SSSR count). The summed E-state index contributed by atoms with van der Waals surface area (Å²) < 4.78 is 5.29. The Morgan fingerprint density at radius 3 is 2.60 bits per heavy atom. The van der Waals surface area contributed by atoms with E-state index in [1.54, 1.807) is 4.90 Å². The van der Waals surface area contributed by atoms with Crippen LogP contribution in [0.3, 0.4) is 0 Å². The molecule has 0 aromatic carbocycles. The molecule has 1 amide bonds. The SMILES string of the molecule is CCC1(C(=O)N(C)CC2(O)CCOCC2)CCCNC1. The number of carbonyl (C=O) groups excluding carboxylic acids is 1. The molecule has 0 aliphatic carbocycles. The van der Waals surface area contributed by atoms with Gasteiger partial charge in [-0.1, -0.05) is 6.92 Å². The van der Waals surface area contributed by atoms with Crippen molar-refractivity contribution < 1.29 is 14.6 Å². The third kappa shape index (κ3) is 3.32. The molecule has 2 N–H and O–H groups in total. The number of rotatable bonds is 4. The van der Waals surface area contributed by atoms with Crippen LogP contribution in [-0.4, -0.2) is 61.4 Å². The van der Waals surface area contributed by atoms with E-state index in [1.807, 2.05) is 7.05 Å². The number of nitrogens with one attached hydrogen (secondary N) is 1. The number of piperidine rings is 1. The molecule has 0 spiro atoms. The smallest absolute Gasteiger partial charge is 0.229 e. The highest BCUT2D eigenvalue weighted by Crippen LogP contribution is 2.33. The lowest BCUT2D eigenvalue weighted by Gasteiger charge is -2.41. The fourth-order valence-corrected chi connectivity index (χ4v) is 3.43. The van der Waals surface area contributed by atoms with E-state index in [0.717, 1.165) is 32.4 Å². The van der Waals surface area contributed by atoms with Crippen molar-refractivity contribution >= 4 is 5.91 Å². The molecule has 2 aliphatic rings. The summed E-state index contributed by atoms with van der Waals surface area (Å²) in [6.07, 6.45) is 4.07. The van der Waals surface area contributed by atoms with Gasteiger partial charge in [-0.15, -0.1) is 0 Å². The zero-order valence-corrected chi connectivity index (χ0v) is 12.8. The minimum Gasteiger partial charge on any atom is -0.388 e. The Kier molecular flexibility index (Phi) is 5.04. The Bertz CT molecular complexity index is 334. The van der Waals surface area contributed by atoms with Gasteiger partial charge in [-0.05, 0) is 25.8 Å². The number of likely N-dealkylation sites (N-methyl/N-ethyl adjacent to an activating group) is 1. The van der Waals surface area contributed by atoms with E-state index in [0.29, 0.717) is 32.6 Å². The van der Waals surface area contributed by atoms with Crippen LogP contribution in [0, 0.1) is 5.41 Å². The largest absolute Gasteiger partial charge is 0.388 e. The summed E-state index contributed by atoms with van der Waals surface area (Å²) in [7, 11) is 1.82. The maximum Gasteiger partial charge on any atom is 0.229 e. The second-order valence-electron chi connectivity index (χ2n) is 6.41. The van der Waals surface area contributed by atoms with Gasteiger partial charge in [0.2, 0.25) is 5.91 Å². The Morgan fingerprint density at radius 2 is 2.05 bits per heavy atom. The number of hydrogen-bond donors (Lipinski definition) is 2. The van der Waals surface area contributed by atoms with Crippen LogP contribution in [0.4, 0.5) is 0 Å². The van der Waals surface area contributed by atoms with E-state index >= 15 is 0 Å². The molecule has 0 saturated carbocycles. The van der Waals surface area contributed by atoms with Gasteiger partial charge in [-0.2, -0.15) is 0 Å². The second kappa shape index (κ2) is 6.41. The Balaban J connectivity index is 1.99. The normalized spacial score (nSPS) is 29.9. The Morgan fingerprint density at radius 1 is 1.35 bits per heavy atom. The maximum atomic E-state index is 12.8. The maximum absolute atomic E-state index is 12.8. The topological polar surface area (TPSA) is 61.8 Å². The molecule has 2 heterocycles. The Labute approximate surface area is 121 Å². The van der Waals surface area contributed by atoms with Crippen molar-refractivity contribution in [2.45, 2.75) is 44.6 Å². The summed E-state index contributed by atoms with van der Waals surface area (Å²) >= 11 is 0. The highest BCUT2D eigenvalue weighted by atomic mass is 16.5. The monoisotopic (exact) mass is 284 g/mol. The van der Waals surface area contributed by atoms with Crippen LogP contribution in [0.2, 0.25) is 0 Å². The predicted octanol–water partition coefficient (Wildman–Crippen LogP) is 0.766. The van der Waals surface area contributed by atoms with Crippen LogP contribution < -0.4 is 5.32 Å². The van der Waals surface area contributed by atoms with Gasteiger partial charge in [0.25, 0.3) is 0 Å². The molecular weight excluding hydrogens is 256 g/mol. The lowest BCUT2D eigenvalue weighted by Crippen LogP contribution is -2.54. The molecule has 116 valence electrons. The van der Waals surface area contributed by atoms with E-state index in [4.69, 9.17) is 4.74 Å². The highest BCUT2D eigenvalue weighted by Gasteiger charge is 2.41. The molecule has 0 radical (unpaired) electrons. The van der Waals surface area contributed by atoms with Gasteiger partial charge in [-0.25, -0.2) is 0 Å². The van der Waals surface area contributed by atoms with Crippen LogP contribution >= 0.6 is 0 Å². The average molecular weight is 284 g/mol. The van der Waals surface area contributed by atoms with Crippen molar-refractivity contribution in [1.29, 1.82) is 0 Å². The lowest BCUT2D eigenvalue weighted by molar-refractivity contribution is -0.148. The molecule has 2 saturated heterocycles. The molecule has 0 aromatic heterocycles. The highest BCUT2D eigenvalue weighted by molar-refractivity contribution is 5.83. The van der Waals surface area contributed by atoms with E-state index in [-0.39, 0.29) is 11.3 Å². The summed E-state index contributed by atoms with van der Waals surface area (Å²) in [5.41, 5.74) is -1.06. The molecule has 5 nitrogen and oxygen atoms in total. The summed E-state index contributed by atoms with van der Waals surface area (Å²) in [5, 5.41) is 13.9. The van der Waals surface area contributed by atoms with Gasteiger partial charge in [0.1, 0.15) is 0 Å². The van der Waals surface area contributed by atoms with E-state index in [9.17, 15) is 9.90 Å². The number of aliphatic hydroxyl groups is 1. The van der Waals surface area contributed by atoms with Gasteiger partial charge in [-0.3, -0.25) is 4.79 Å².